The van der Waals surface area contributed by atoms with E-state index in [-0.39, 0.29) is 11.2 Å². The van der Waals surface area contributed by atoms with Crippen molar-refractivity contribution in [3.8, 4) is 0 Å². The van der Waals surface area contributed by atoms with Crippen molar-refractivity contribution in [1.29, 1.82) is 0 Å². The molecule has 0 aliphatic rings. The summed E-state index contributed by atoms with van der Waals surface area (Å²) in [7, 11) is 4.60. The van der Waals surface area contributed by atoms with E-state index in [2.05, 4.69) is 5.32 Å². The third-order valence-corrected chi connectivity index (χ3v) is 2.94. The molecule has 1 unspecified atom stereocenters. The summed E-state index contributed by atoms with van der Waals surface area (Å²) >= 11 is 0. The third kappa shape index (κ3) is 4.30. The Hall–Kier alpha value is -1.44. The number of aromatic nitrogens is 2. The molecule has 0 aliphatic carbocycles. The van der Waals surface area contributed by atoms with E-state index >= 15 is 0 Å². The molecule has 7 heteroatoms. The van der Waals surface area contributed by atoms with Gasteiger partial charge in [-0.25, -0.2) is 4.79 Å². The number of aliphatic hydroxyl groups excluding tert-OH is 1. The molecule has 1 rings (SSSR count). The molecule has 0 radical (unpaired) electrons. The minimum Gasteiger partial charge on any atom is -0.391 e. The van der Waals surface area contributed by atoms with Gasteiger partial charge in [-0.1, -0.05) is 0 Å². The van der Waals surface area contributed by atoms with E-state index in [4.69, 9.17) is 4.74 Å². The lowest BCUT2D eigenvalue weighted by molar-refractivity contribution is 0.0594. The maximum atomic E-state index is 11.7. The van der Waals surface area contributed by atoms with Crippen molar-refractivity contribution in [2.24, 2.45) is 14.1 Å². The first-order valence-corrected chi connectivity index (χ1v) is 6.11. The number of nitrogens with one attached hydrogen (secondary N) is 1. The molecule has 0 saturated carbocycles. The highest BCUT2D eigenvalue weighted by Crippen LogP contribution is 1.93. The van der Waals surface area contributed by atoms with Gasteiger partial charge in [0.25, 0.3) is 5.56 Å². The Balaban J connectivity index is 2.55. The first-order chi connectivity index (χ1) is 8.97. The Morgan fingerprint density at radius 3 is 2.68 bits per heavy atom. The van der Waals surface area contributed by atoms with Crippen molar-refractivity contribution in [3.63, 3.8) is 0 Å². The van der Waals surface area contributed by atoms with Crippen molar-refractivity contribution in [1.82, 2.24) is 14.5 Å². The lowest BCUT2D eigenvalue weighted by Crippen LogP contribution is -2.39. The van der Waals surface area contributed by atoms with Crippen molar-refractivity contribution < 1.29 is 9.84 Å². The van der Waals surface area contributed by atoms with Crippen LogP contribution in [0, 0.1) is 0 Å². The van der Waals surface area contributed by atoms with E-state index in [1.54, 1.807) is 7.05 Å². The summed E-state index contributed by atoms with van der Waals surface area (Å²) in [4.78, 5) is 23.2. The van der Waals surface area contributed by atoms with Crippen LogP contribution < -0.4 is 16.6 Å². The summed E-state index contributed by atoms with van der Waals surface area (Å²) in [5.41, 5.74) is -0.0441. The van der Waals surface area contributed by atoms with E-state index in [0.29, 0.717) is 31.8 Å². The summed E-state index contributed by atoms with van der Waals surface area (Å²) in [6.45, 7) is 1.28. The van der Waals surface area contributed by atoms with Gasteiger partial charge in [0.15, 0.2) is 0 Å². The molecule has 108 valence electrons. The zero-order chi connectivity index (χ0) is 14.4. The second-order valence-corrected chi connectivity index (χ2v) is 4.45. The highest BCUT2D eigenvalue weighted by Gasteiger charge is 2.06. The average Bonchev–Trinajstić information content (AvgIpc) is 2.38. The maximum absolute atomic E-state index is 11.7. The second-order valence-electron chi connectivity index (χ2n) is 4.45. The molecule has 0 fully saturated rings. The Kier molecular flexibility index (Phi) is 5.94. The van der Waals surface area contributed by atoms with Crippen LogP contribution in [0.5, 0.6) is 0 Å². The highest BCUT2D eigenvalue weighted by atomic mass is 16.5. The summed E-state index contributed by atoms with van der Waals surface area (Å²) in [6.07, 6.45) is 0.0389. The van der Waals surface area contributed by atoms with Crippen LogP contribution in [0.2, 0.25) is 0 Å². The van der Waals surface area contributed by atoms with E-state index in [9.17, 15) is 14.7 Å². The molecule has 0 bridgehead atoms. The topological polar surface area (TPSA) is 85.5 Å². The molecule has 0 saturated heterocycles. The molecule has 0 aliphatic heterocycles. The van der Waals surface area contributed by atoms with E-state index in [0.717, 1.165) is 4.57 Å². The Bertz CT molecular complexity index is 521. The molecular weight excluding hydrogens is 250 g/mol. The van der Waals surface area contributed by atoms with Gasteiger partial charge < -0.3 is 15.2 Å². The van der Waals surface area contributed by atoms with Crippen LogP contribution in [0.15, 0.2) is 15.7 Å². The van der Waals surface area contributed by atoms with Gasteiger partial charge in [-0.05, 0) is 13.0 Å². The second kappa shape index (κ2) is 7.22. The molecule has 1 aromatic rings. The molecule has 2 N–H and O–H groups in total. The Morgan fingerprint density at radius 2 is 2.05 bits per heavy atom. The number of hydrogen-bond donors (Lipinski definition) is 2. The van der Waals surface area contributed by atoms with Crippen LogP contribution >= 0.6 is 0 Å². The summed E-state index contributed by atoms with van der Waals surface area (Å²) in [5, 5.41) is 12.5. The standard InChI is InChI=1S/C12H21N3O4/c1-14-9(6-11(17)15(2)12(14)18)7-13-5-4-10(16)8-19-3/h6,10,13,16H,4-5,7-8H2,1-3H3. The molecule has 1 atom stereocenters. The number of nitrogens with zero attached hydrogens (tertiary/aromatic N) is 2. The monoisotopic (exact) mass is 271 g/mol. The van der Waals surface area contributed by atoms with Gasteiger partial charge in [-0.2, -0.15) is 0 Å². The SMILES string of the molecule is COCC(O)CCNCc1cc(=O)n(C)c(=O)n1C. The molecule has 7 nitrogen and oxygen atoms in total. The molecular formula is C12H21N3O4. The maximum Gasteiger partial charge on any atom is 0.330 e. The highest BCUT2D eigenvalue weighted by molar-refractivity contribution is 5.01. The number of hydrogen-bond acceptors (Lipinski definition) is 5. The fourth-order valence-corrected chi connectivity index (χ4v) is 1.71. The molecule has 0 aromatic carbocycles. The Morgan fingerprint density at radius 1 is 1.37 bits per heavy atom. The molecule has 1 heterocycles. The van der Waals surface area contributed by atoms with E-state index < -0.39 is 6.10 Å². The van der Waals surface area contributed by atoms with Crippen molar-refractivity contribution >= 4 is 0 Å². The molecule has 0 spiro atoms. The lowest BCUT2D eigenvalue weighted by atomic mass is 10.2. The third-order valence-electron chi connectivity index (χ3n) is 2.94. The van der Waals surface area contributed by atoms with Crippen LogP contribution in [0.25, 0.3) is 0 Å². The number of aliphatic hydroxyl groups is 1. The van der Waals surface area contributed by atoms with Gasteiger partial charge >= 0.3 is 5.69 Å². The minimum atomic E-state index is -0.509. The molecule has 1 aromatic heterocycles. The van der Waals surface area contributed by atoms with Gasteiger partial charge in [0.05, 0.1) is 12.7 Å². The van der Waals surface area contributed by atoms with E-state index in [1.807, 2.05) is 0 Å². The lowest BCUT2D eigenvalue weighted by Gasteiger charge is -2.12. The summed E-state index contributed by atoms with van der Waals surface area (Å²) in [5.74, 6) is 0. The predicted octanol–water partition coefficient (Wildman–Crippen LogP) is -1.43. The van der Waals surface area contributed by atoms with Crippen molar-refractivity contribution in [3.05, 3.63) is 32.6 Å². The Labute approximate surface area is 111 Å². The van der Waals surface area contributed by atoms with Gasteiger partial charge in [-0.15, -0.1) is 0 Å². The zero-order valence-electron chi connectivity index (χ0n) is 11.5. The van der Waals surface area contributed by atoms with Gasteiger partial charge in [0.2, 0.25) is 0 Å². The number of ether oxygens (including phenoxy) is 1. The van der Waals surface area contributed by atoms with Crippen molar-refractivity contribution in [2.75, 3.05) is 20.3 Å². The molecule has 19 heavy (non-hydrogen) atoms. The van der Waals surface area contributed by atoms with Crippen LogP contribution in [0.4, 0.5) is 0 Å². The quantitative estimate of drug-likeness (QED) is 0.594. The van der Waals surface area contributed by atoms with Gasteiger partial charge in [0, 0.05) is 39.5 Å². The fourth-order valence-electron chi connectivity index (χ4n) is 1.71. The molecule has 0 amide bonds. The van der Waals surface area contributed by atoms with Gasteiger partial charge in [0.1, 0.15) is 0 Å². The fraction of sp³-hybridized carbons (Fsp3) is 0.667. The van der Waals surface area contributed by atoms with Crippen LogP contribution in [0.1, 0.15) is 12.1 Å². The van der Waals surface area contributed by atoms with Crippen LogP contribution in [-0.4, -0.2) is 40.6 Å². The van der Waals surface area contributed by atoms with Crippen LogP contribution in [0.3, 0.4) is 0 Å². The summed E-state index contributed by atoms with van der Waals surface area (Å²) < 4.78 is 7.31. The number of methoxy groups -OCH3 is 1. The average molecular weight is 271 g/mol. The van der Waals surface area contributed by atoms with Gasteiger partial charge in [-0.3, -0.25) is 13.9 Å². The van der Waals surface area contributed by atoms with Crippen LogP contribution in [-0.2, 0) is 25.4 Å². The first kappa shape index (κ1) is 15.6. The predicted molar refractivity (Wildman–Crippen MR) is 71.1 cm³/mol. The largest absolute Gasteiger partial charge is 0.391 e. The first-order valence-electron chi connectivity index (χ1n) is 6.11. The summed E-state index contributed by atoms with van der Waals surface area (Å²) in [6, 6.07) is 1.43. The normalized spacial score (nSPS) is 12.6. The number of rotatable bonds is 7. The minimum absolute atomic E-state index is 0.298. The smallest absolute Gasteiger partial charge is 0.330 e. The zero-order valence-corrected chi connectivity index (χ0v) is 11.5. The van der Waals surface area contributed by atoms with E-state index in [1.165, 1.54) is 24.8 Å². The van der Waals surface area contributed by atoms with Crippen molar-refractivity contribution in [2.45, 2.75) is 19.1 Å².